The van der Waals surface area contributed by atoms with Crippen molar-refractivity contribution in [1.29, 1.82) is 0 Å². The van der Waals surface area contributed by atoms with Gasteiger partial charge in [0.25, 0.3) is 0 Å². The predicted octanol–water partition coefficient (Wildman–Crippen LogP) is 2.15. The van der Waals surface area contributed by atoms with Crippen LogP contribution in [0.1, 0.15) is 24.3 Å². The lowest BCUT2D eigenvalue weighted by Gasteiger charge is -2.10. The first kappa shape index (κ1) is 15.0. The van der Waals surface area contributed by atoms with Crippen molar-refractivity contribution < 1.29 is 9.59 Å². The average molecular weight is 339 g/mol. The Morgan fingerprint density at radius 3 is 2.55 bits per heavy atom. The zero-order valence-electron chi connectivity index (χ0n) is 11.7. The minimum atomic E-state index is 0.0329. The molecule has 0 bridgehead atoms. The summed E-state index contributed by atoms with van der Waals surface area (Å²) in [6.45, 7) is 0.416. The van der Waals surface area contributed by atoms with Crippen LogP contribution in [0.25, 0.3) is 0 Å². The van der Waals surface area contributed by atoms with E-state index in [1.165, 1.54) is 10.5 Å². The first-order chi connectivity index (χ1) is 9.49. The molecule has 0 unspecified atom stereocenters. The number of hydrogen-bond donors (Lipinski definition) is 1. The molecule has 1 aromatic carbocycles. The molecule has 5 heteroatoms. The van der Waals surface area contributed by atoms with Crippen LogP contribution in [0.5, 0.6) is 0 Å². The summed E-state index contributed by atoms with van der Waals surface area (Å²) in [6.07, 6.45) is 1.25. The normalized spacial score (nSPS) is 20.4. The molecule has 4 nitrogen and oxygen atoms in total. The summed E-state index contributed by atoms with van der Waals surface area (Å²) in [7, 11) is 3.43. The highest BCUT2D eigenvalue weighted by atomic mass is 79.9. The van der Waals surface area contributed by atoms with Gasteiger partial charge < -0.3 is 10.2 Å². The number of hydrogen-bond acceptors (Lipinski definition) is 2. The van der Waals surface area contributed by atoms with Crippen LogP contribution in [0.2, 0.25) is 0 Å². The van der Waals surface area contributed by atoms with Crippen LogP contribution in [0.3, 0.4) is 0 Å². The topological polar surface area (TPSA) is 49.4 Å². The van der Waals surface area contributed by atoms with E-state index in [-0.39, 0.29) is 17.7 Å². The lowest BCUT2D eigenvalue weighted by molar-refractivity contribution is -0.128. The highest BCUT2D eigenvalue weighted by Crippen LogP contribution is 2.47. The van der Waals surface area contributed by atoms with Crippen LogP contribution in [0.4, 0.5) is 0 Å². The minimum Gasteiger partial charge on any atom is -0.355 e. The Kier molecular flexibility index (Phi) is 4.81. The highest BCUT2D eigenvalue weighted by molar-refractivity contribution is 9.10. The molecular weight excluding hydrogens is 320 g/mol. The van der Waals surface area contributed by atoms with Crippen LogP contribution in [0, 0.1) is 5.92 Å². The van der Waals surface area contributed by atoms with Crippen molar-refractivity contribution in [3.8, 4) is 0 Å². The Balaban J connectivity index is 1.76. The van der Waals surface area contributed by atoms with Gasteiger partial charge >= 0.3 is 0 Å². The van der Waals surface area contributed by atoms with Crippen LogP contribution >= 0.6 is 15.9 Å². The van der Waals surface area contributed by atoms with Gasteiger partial charge in [0, 0.05) is 37.5 Å². The van der Waals surface area contributed by atoms with Crippen LogP contribution < -0.4 is 5.32 Å². The number of halogens is 1. The van der Waals surface area contributed by atoms with Gasteiger partial charge in [-0.15, -0.1) is 0 Å². The molecule has 0 saturated heterocycles. The van der Waals surface area contributed by atoms with Gasteiger partial charge in [-0.1, -0.05) is 28.1 Å². The van der Waals surface area contributed by atoms with Gasteiger partial charge in [-0.05, 0) is 30.0 Å². The maximum absolute atomic E-state index is 12.0. The average Bonchev–Trinajstić information content (AvgIpc) is 3.19. The summed E-state index contributed by atoms with van der Waals surface area (Å²) in [6, 6.07) is 8.10. The fourth-order valence-electron chi connectivity index (χ4n) is 2.21. The van der Waals surface area contributed by atoms with E-state index >= 15 is 0 Å². The summed E-state index contributed by atoms with van der Waals surface area (Å²) in [5, 5.41) is 2.85. The fraction of sp³-hybridized carbons (Fsp3) is 0.467. The molecule has 1 N–H and O–H groups in total. The fourth-order valence-corrected chi connectivity index (χ4v) is 2.47. The summed E-state index contributed by atoms with van der Waals surface area (Å²) < 4.78 is 1.05. The van der Waals surface area contributed by atoms with Gasteiger partial charge in [-0.3, -0.25) is 9.59 Å². The van der Waals surface area contributed by atoms with E-state index in [1.807, 2.05) is 12.1 Å². The van der Waals surface area contributed by atoms with Gasteiger partial charge in [0.15, 0.2) is 0 Å². The van der Waals surface area contributed by atoms with Gasteiger partial charge in [-0.25, -0.2) is 0 Å². The predicted molar refractivity (Wildman–Crippen MR) is 81.3 cm³/mol. The van der Waals surface area contributed by atoms with Crippen molar-refractivity contribution >= 4 is 27.7 Å². The second kappa shape index (κ2) is 6.39. The smallest absolute Gasteiger partial charge is 0.223 e. The number of carbonyl (C=O) groups excluding carboxylic acids is 2. The molecule has 20 heavy (non-hydrogen) atoms. The monoisotopic (exact) mass is 338 g/mol. The van der Waals surface area contributed by atoms with Crippen LogP contribution in [-0.2, 0) is 9.59 Å². The second-order valence-corrected chi connectivity index (χ2v) is 6.25. The van der Waals surface area contributed by atoms with E-state index in [0.717, 1.165) is 10.9 Å². The van der Waals surface area contributed by atoms with Gasteiger partial charge in [0.2, 0.25) is 11.8 Å². The zero-order valence-corrected chi connectivity index (χ0v) is 13.3. The minimum absolute atomic E-state index is 0.0329. The lowest BCUT2D eigenvalue weighted by atomic mass is 10.1. The maximum atomic E-state index is 12.0. The molecule has 0 heterocycles. The van der Waals surface area contributed by atoms with Crippen molar-refractivity contribution in [2.45, 2.75) is 18.8 Å². The first-order valence-corrected chi connectivity index (χ1v) is 7.51. The zero-order chi connectivity index (χ0) is 14.7. The molecule has 108 valence electrons. The van der Waals surface area contributed by atoms with Gasteiger partial charge in [0.05, 0.1) is 0 Å². The number of nitrogens with zero attached hydrogens (tertiary/aromatic N) is 1. The van der Waals surface area contributed by atoms with E-state index in [2.05, 4.69) is 33.4 Å². The van der Waals surface area contributed by atoms with Crippen molar-refractivity contribution in [2.24, 2.45) is 5.92 Å². The Bertz CT molecular complexity index is 499. The standard InChI is InChI=1S/C15H19BrN2O2/c1-18(2)14(19)7-8-17-15(20)13-9-12(13)10-3-5-11(16)6-4-10/h3-6,12-13H,7-9H2,1-2H3,(H,17,20)/t12-,13+/m1/s1. The third kappa shape index (κ3) is 3.82. The number of carbonyl (C=O) groups is 2. The number of benzene rings is 1. The largest absolute Gasteiger partial charge is 0.355 e. The molecule has 2 atom stereocenters. The van der Waals surface area contributed by atoms with Crippen molar-refractivity contribution in [3.05, 3.63) is 34.3 Å². The molecule has 0 aromatic heterocycles. The summed E-state index contributed by atoms with van der Waals surface area (Å²) in [5.41, 5.74) is 1.21. The summed E-state index contributed by atoms with van der Waals surface area (Å²) in [5.74, 6) is 0.480. The first-order valence-electron chi connectivity index (χ1n) is 6.72. The van der Waals surface area contributed by atoms with Crippen molar-refractivity contribution in [2.75, 3.05) is 20.6 Å². The van der Waals surface area contributed by atoms with E-state index in [4.69, 9.17) is 0 Å². The van der Waals surface area contributed by atoms with Crippen molar-refractivity contribution in [3.63, 3.8) is 0 Å². The van der Waals surface area contributed by atoms with Gasteiger partial charge in [-0.2, -0.15) is 0 Å². The molecular formula is C15H19BrN2O2. The molecule has 1 saturated carbocycles. The Morgan fingerprint density at radius 2 is 1.95 bits per heavy atom. The summed E-state index contributed by atoms with van der Waals surface area (Å²) in [4.78, 5) is 24.9. The highest BCUT2D eigenvalue weighted by Gasteiger charge is 2.43. The molecule has 1 fully saturated rings. The second-order valence-electron chi connectivity index (χ2n) is 5.33. The molecule has 1 aliphatic carbocycles. The molecule has 1 aliphatic rings. The Morgan fingerprint density at radius 1 is 1.30 bits per heavy atom. The van der Waals surface area contributed by atoms with Crippen LogP contribution in [0.15, 0.2) is 28.7 Å². The molecule has 0 aliphatic heterocycles. The molecule has 2 rings (SSSR count). The van der Waals surface area contributed by atoms with E-state index in [9.17, 15) is 9.59 Å². The Hall–Kier alpha value is -1.36. The van der Waals surface area contributed by atoms with E-state index in [1.54, 1.807) is 14.1 Å². The van der Waals surface area contributed by atoms with Crippen LogP contribution in [-0.4, -0.2) is 37.4 Å². The third-order valence-electron chi connectivity index (χ3n) is 3.56. The number of rotatable bonds is 5. The molecule has 2 amide bonds. The Labute approximate surface area is 127 Å². The quantitative estimate of drug-likeness (QED) is 0.894. The molecule has 0 spiro atoms. The number of amides is 2. The molecule has 0 radical (unpaired) electrons. The van der Waals surface area contributed by atoms with E-state index in [0.29, 0.717) is 18.9 Å². The van der Waals surface area contributed by atoms with Crippen molar-refractivity contribution in [1.82, 2.24) is 10.2 Å². The SMILES string of the molecule is CN(C)C(=O)CCNC(=O)[C@H]1C[C@@H]1c1ccc(Br)cc1. The van der Waals surface area contributed by atoms with Gasteiger partial charge in [0.1, 0.15) is 0 Å². The maximum Gasteiger partial charge on any atom is 0.223 e. The number of nitrogens with one attached hydrogen (secondary N) is 1. The summed E-state index contributed by atoms with van der Waals surface area (Å²) >= 11 is 3.40. The van der Waals surface area contributed by atoms with E-state index < -0.39 is 0 Å². The third-order valence-corrected chi connectivity index (χ3v) is 4.09. The lowest BCUT2D eigenvalue weighted by Crippen LogP contribution is -2.31. The molecule has 1 aromatic rings.